The molecule has 0 atom stereocenters. The lowest BCUT2D eigenvalue weighted by Gasteiger charge is -2.12. The fraction of sp³-hybridized carbons (Fsp3) is 0.500. The van der Waals surface area contributed by atoms with E-state index >= 15 is 0 Å². The van der Waals surface area contributed by atoms with Gasteiger partial charge in [0.2, 0.25) is 0 Å². The van der Waals surface area contributed by atoms with Crippen LogP contribution in [-0.2, 0) is 4.74 Å². The van der Waals surface area contributed by atoms with Crippen LogP contribution in [0.3, 0.4) is 0 Å². The van der Waals surface area contributed by atoms with Crippen LogP contribution in [0.15, 0.2) is 35.6 Å². The Morgan fingerprint density at radius 2 is 2.07 bits per heavy atom. The lowest BCUT2D eigenvalue weighted by Crippen LogP contribution is -2.18. The van der Waals surface area contributed by atoms with Crippen molar-refractivity contribution >= 4 is 0 Å². The van der Waals surface area contributed by atoms with E-state index in [1.54, 1.807) is 0 Å². The Labute approximate surface area is 85.3 Å². The standard InChI is InChI=1S/C12H17NO/c1-12(2)5-3-10-9-13-7-8-14-11(10)4-6-12/h3-6,13H,7-9H2,1-2H3. The fourth-order valence-electron chi connectivity index (χ4n) is 1.59. The highest BCUT2D eigenvalue weighted by atomic mass is 16.5. The first kappa shape index (κ1) is 9.53. The van der Waals surface area contributed by atoms with Crippen LogP contribution in [0.2, 0.25) is 0 Å². The maximum atomic E-state index is 5.66. The van der Waals surface area contributed by atoms with E-state index in [-0.39, 0.29) is 5.41 Å². The minimum atomic E-state index is 0.134. The Bertz CT molecular complexity index is 282. The highest BCUT2D eigenvalue weighted by molar-refractivity contribution is 5.36. The van der Waals surface area contributed by atoms with Crippen molar-refractivity contribution in [2.75, 3.05) is 19.7 Å². The van der Waals surface area contributed by atoms with Crippen molar-refractivity contribution in [3.8, 4) is 0 Å². The molecule has 0 aromatic heterocycles. The second kappa shape index (κ2) is 3.62. The third-order valence-corrected chi connectivity index (χ3v) is 2.55. The molecule has 0 fully saturated rings. The van der Waals surface area contributed by atoms with Crippen LogP contribution >= 0.6 is 0 Å². The van der Waals surface area contributed by atoms with Gasteiger partial charge in [-0.3, -0.25) is 0 Å². The molecule has 2 rings (SSSR count). The number of rotatable bonds is 0. The summed E-state index contributed by atoms with van der Waals surface area (Å²) in [4.78, 5) is 0. The Hall–Kier alpha value is -1.02. The molecule has 0 aromatic carbocycles. The molecule has 0 saturated heterocycles. The molecule has 0 saturated carbocycles. The average molecular weight is 191 g/mol. The number of hydrogen-bond donors (Lipinski definition) is 1. The van der Waals surface area contributed by atoms with Crippen molar-refractivity contribution in [1.29, 1.82) is 0 Å². The second-order valence-electron chi connectivity index (χ2n) is 4.40. The van der Waals surface area contributed by atoms with Crippen LogP contribution in [0.1, 0.15) is 13.8 Å². The maximum absolute atomic E-state index is 5.66. The molecule has 0 bridgehead atoms. The Balaban J connectivity index is 2.29. The van der Waals surface area contributed by atoms with E-state index in [2.05, 4.69) is 43.5 Å². The molecule has 76 valence electrons. The largest absolute Gasteiger partial charge is 0.492 e. The second-order valence-corrected chi connectivity index (χ2v) is 4.40. The summed E-state index contributed by atoms with van der Waals surface area (Å²) in [5.74, 6) is 1.02. The molecule has 2 aliphatic rings. The van der Waals surface area contributed by atoms with Crippen LogP contribution in [0, 0.1) is 5.41 Å². The lowest BCUT2D eigenvalue weighted by atomic mass is 9.93. The summed E-state index contributed by atoms with van der Waals surface area (Å²) in [7, 11) is 0. The summed E-state index contributed by atoms with van der Waals surface area (Å²) in [6.45, 7) is 6.99. The van der Waals surface area contributed by atoms with Crippen molar-refractivity contribution in [1.82, 2.24) is 5.32 Å². The minimum Gasteiger partial charge on any atom is -0.492 e. The van der Waals surface area contributed by atoms with E-state index < -0.39 is 0 Å². The summed E-state index contributed by atoms with van der Waals surface area (Å²) >= 11 is 0. The van der Waals surface area contributed by atoms with Crippen LogP contribution in [0.4, 0.5) is 0 Å². The first-order chi connectivity index (χ1) is 6.67. The van der Waals surface area contributed by atoms with Gasteiger partial charge in [0.25, 0.3) is 0 Å². The predicted octanol–water partition coefficient (Wildman–Crippen LogP) is 2.01. The molecule has 0 aromatic rings. The fourth-order valence-corrected chi connectivity index (χ4v) is 1.59. The van der Waals surface area contributed by atoms with Gasteiger partial charge in [0.15, 0.2) is 0 Å². The normalized spacial score (nSPS) is 25.0. The Morgan fingerprint density at radius 1 is 1.29 bits per heavy atom. The number of allylic oxidation sites excluding steroid dienone is 3. The highest BCUT2D eigenvalue weighted by Gasteiger charge is 2.15. The first-order valence-electron chi connectivity index (χ1n) is 5.12. The van der Waals surface area contributed by atoms with Crippen molar-refractivity contribution < 1.29 is 4.74 Å². The van der Waals surface area contributed by atoms with Crippen molar-refractivity contribution in [2.45, 2.75) is 13.8 Å². The molecule has 0 amide bonds. The van der Waals surface area contributed by atoms with Gasteiger partial charge in [0, 0.05) is 24.1 Å². The van der Waals surface area contributed by atoms with E-state index in [0.717, 1.165) is 25.5 Å². The predicted molar refractivity (Wildman–Crippen MR) is 57.9 cm³/mol. The molecular weight excluding hydrogens is 174 g/mol. The third kappa shape index (κ3) is 2.07. The molecular formula is C12H17NO. The van der Waals surface area contributed by atoms with E-state index in [1.807, 2.05) is 0 Å². The van der Waals surface area contributed by atoms with Crippen molar-refractivity contribution in [3.05, 3.63) is 35.6 Å². The van der Waals surface area contributed by atoms with Gasteiger partial charge in [-0.2, -0.15) is 0 Å². The monoisotopic (exact) mass is 191 g/mol. The third-order valence-electron chi connectivity index (χ3n) is 2.55. The number of hydrogen-bond acceptors (Lipinski definition) is 2. The van der Waals surface area contributed by atoms with Gasteiger partial charge in [0.1, 0.15) is 12.4 Å². The van der Waals surface area contributed by atoms with Crippen LogP contribution < -0.4 is 5.32 Å². The van der Waals surface area contributed by atoms with Gasteiger partial charge in [-0.15, -0.1) is 0 Å². The van der Waals surface area contributed by atoms with Gasteiger partial charge < -0.3 is 10.1 Å². The molecule has 0 spiro atoms. The lowest BCUT2D eigenvalue weighted by molar-refractivity contribution is 0.232. The molecule has 1 aliphatic carbocycles. The van der Waals surface area contributed by atoms with Gasteiger partial charge >= 0.3 is 0 Å². The van der Waals surface area contributed by atoms with Gasteiger partial charge in [0.05, 0.1) is 0 Å². The van der Waals surface area contributed by atoms with Crippen LogP contribution in [0.25, 0.3) is 0 Å². The van der Waals surface area contributed by atoms with Crippen LogP contribution in [0.5, 0.6) is 0 Å². The van der Waals surface area contributed by atoms with E-state index in [9.17, 15) is 0 Å². The topological polar surface area (TPSA) is 21.3 Å². The van der Waals surface area contributed by atoms with E-state index in [0.29, 0.717) is 0 Å². The minimum absolute atomic E-state index is 0.134. The number of nitrogens with one attached hydrogen (secondary N) is 1. The summed E-state index contributed by atoms with van der Waals surface area (Å²) in [5, 5.41) is 3.33. The molecule has 1 heterocycles. The summed E-state index contributed by atoms with van der Waals surface area (Å²) in [6.07, 6.45) is 8.69. The Kier molecular flexibility index (Phi) is 2.46. The molecule has 0 radical (unpaired) electrons. The van der Waals surface area contributed by atoms with Gasteiger partial charge in [-0.25, -0.2) is 0 Å². The summed E-state index contributed by atoms with van der Waals surface area (Å²) in [6, 6.07) is 0. The van der Waals surface area contributed by atoms with Gasteiger partial charge in [-0.05, 0) is 6.08 Å². The molecule has 0 unspecified atom stereocenters. The molecule has 14 heavy (non-hydrogen) atoms. The zero-order valence-electron chi connectivity index (χ0n) is 8.84. The summed E-state index contributed by atoms with van der Waals surface area (Å²) < 4.78 is 5.66. The Morgan fingerprint density at radius 3 is 2.93 bits per heavy atom. The quantitative estimate of drug-likeness (QED) is 0.632. The maximum Gasteiger partial charge on any atom is 0.123 e. The first-order valence-corrected chi connectivity index (χ1v) is 5.12. The number of ether oxygens (including phenoxy) is 1. The molecule has 2 heteroatoms. The van der Waals surface area contributed by atoms with E-state index in [1.165, 1.54) is 5.57 Å². The summed E-state index contributed by atoms with van der Waals surface area (Å²) in [5.41, 5.74) is 1.39. The SMILES string of the molecule is CC1(C)C=CC2=C(C=C1)OCCNC2. The zero-order valence-corrected chi connectivity index (χ0v) is 8.84. The van der Waals surface area contributed by atoms with E-state index in [4.69, 9.17) is 4.74 Å². The van der Waals surface area contributed by atoms with Crippen molar-refractivity contribution in [3.63, 3.8) is 0 Å². The zero-order chi connectivity index (χ0) is 10.0. The highest BCUT2D eigenvalue weighted by Crippen LogP contribution is 2.26. The van der Waals surface area contributed by atoms with Crippen LogP contribution in [-0.4, -0.2) is 19.7 Å². The smallest absolute Gasteiger partial charge is 0.123 e. The van der Waals surface area contributed by atoms with Crippen molar-refractivity contribution in [2.24, 2.45) is 5.41 Å². The molecule has 2 nitrogen and oxygen atoms in total. The van der Waals surface area contributed by atoms with Gasteiger partial charge in [-0.1, -0.05) is 32.1 Å². The average Bonchev–Trinajstić information content (AvgIpc) is 2.42. The molecule has 1 N–H and O–H groups in total. The molecule has 1 aliphatic heterocycles.